The zero-order valence-corrected chi connectivity index (χ0v) is 25.4. The number of rotatable bonds is 8. The molecule has 2 aromatic carbocycles. The number of aryl methyl sites for hydroxylation is 2. The molecule has 2 aromatic heterocycles. The Morgan fingerprint density at radius 1 is 1.10 bits per heavy atom. The quantitative estimate of drug-likeness (QED) is 0.237. The SMILES string of the molecule is COc1ccc(N2C(=S)N[C@H](c3ccccn3)[C@H]2c2cc(C)n(-c3cc(C(=O)O)ccc3C)c2C)cc1NS(C)(=O)=O. The Morgan fingerprint density at radius 3 is 2.50 bits per heavy atom. The van der Waals surface area contributed by atoms with Gasteiger partial charge < -0.3 is 24.6 Å². The summed E-state index contributed by atoms with van der Waals surface area (Å²) in [7, 11) is -2.12. The van der Waals surface area contributed by atoms with Gasteiger partial charge in [0.1, 0.15) is 5.75 Å². The van der Waals surface area contributed by atoms with Crippen molar-refractivity contribution < 1.29 is 23.1 Å². The van der Waals surface area contributed by atoms with E-state index < -0.39 is 16.0 Å². The number of methoxy groups -OCH3 is 1. The van der Waals surface area contributed by atoms with E-state index in [-0.39, 0.29) is 23.3 Å². The Balaban J connectivity index is 1.70. The molecule has 5 rings (SSSR count). The van der Waals surface area contributed by atoms with E-state index in [1.54, 1.807) is 36.5 Å². The lowest BCUT2D eigenvalue weighted by Crippen LogP contribution is -2.29. The molecule has 2 atom stereocenters. The van der Waals surface area contributed by atoms with Crippen molar-refractivity contribution in [1.29, 1.82) is 0 Å². The van der Waals surface area contributed by atoms with Crippen molar-refractivity contribution in [2.75, 3.05) is 23.0 Å². The Bertz CT molecular complexity index is 1800. The molecule has 0 amide bonds. The molecule has 10 nitrogen and oxygen atoms in total. The maximum absolute atomic E-state index is 12.1. The number of hydrogen-bond acceptors (Lipinski definition) is 6. The van der Waals surface area contributed by atoms with Crippen LogP contribution in [-0.2, 0) is 10.0 Å². The molecule has 1 aliphatic heterocycles. The van der Waals surface area contributed by atoms with Gasteiger partial charge in [-0.15, -0.1) is 0 Å². The molecule has 3 heterocycles. The van der Waals surface area contributed by atoms with Crippen molar-refractivity contribution in [3.8, 4) is 11.4 Å². The summed E-state index contributed by atoms with van der Waals surface area (Å²) in [6.45, 7) is 5.92. The van der Waals surface area contributed by atoms with Crippen LogP contribution in [0.4, 0.5) is 11.4 Å². The molecular weight excluding hydrogens is 574 g/mol. The predicted octanol–water partition coefficient (Wildman–Crippen LogP) is 5.05. The van der Waals surface area contributed by atoms with E-state index in [9.17, 15) is 18.3 Å². The van der Waals surface area contributed by atoms with Crippen molar-refractivity contribution in [3.05, 3.63) is 101 Å². The molecule has 0 radical (unpaired) electrons. The van der Waals surface area contributed by atoms with Gasteiger partial charge in [0, 0.05) is 29.0 Å². The number of sulfonamides is 1. The third kappa shape index (κ3) is 5.42. The van der Waals surface area contributed by atoms with Crippen LogP contribution >= 0.6 is 12.2 Å². The Morgan fingerprint density at radius 2 is 1.86 bits per heavy atom. The first-order valence-corrected chi connectivity index (χ1v) is 15.4. The average Bonchev–Trinajstić information content (AvgIpc) is 3.43. The number of pyridine rings is 1. The molecule has 1 saturated heterocycles. The molecule has 0 aliphatic carbocycles. The maximum atomic E-state index is 12.1. The van der Waals surface area contributed by atoms with Crippen LogP contribution in [0.2, 0.25) is 0 Å². The van der Waals surface area contributed by atoms with Crippen LogP contribution in [0.25, 0.3) is 5.69 Å². The van der Waals surface area contributed by atoms with Gasteiger partial charge in [-0.3, -0.25) is 9.71 Å². The molecule has 0 saturated carbocycles. The van der Waals surface area contributed by atoms with Gasteiger partial charge in [-0.2, -0.15) is 0 Å². The highest BCUT2D eigenvalue weighted by atomic mass is 32.2. The maximum Gasteiger partial charge on any atom is 0.335 e. The van der Waals surface area contributed by atoms with Crippen molar-refractivity contribution in [1.82, 2.24) is 14.9 Å². The molecule has 1 aliphatic rings. The number of carboxylic acids is 1. The third-order valence-electron chi connectivity index (χ3n) is 7.34. The van der Waals surface area contributed by atoms with Gasteiger partial charge in [-0.25, -0.2) is 13.2 Å². The zero-order valence-electron chi connectivity index (χ0n) is 23.7. The van der Waals surface area contributed by atoms with Crippen LogP contribution in [0.3, 0.4) is 0 Å². The van der Waals surface area contributed by atoms with E-state index in [4.69, 9.17) is 17.0 Å². The van der Waals surface area contributed by atoms with Crippen LogP contribution in [-0.4, -0.2) is 47.5 Å². The van der Waals surface area contributed by atoms with E-state index in [1.807, 2.05) is 49.9 Å². The number of carboxylic acid groups (broad SMARTS) is 1. The van der Waals surface area contributed by atoms with Crippen LogP contribution in [0.5, 0.6) is 5.75 Å². The van der Waals surface area contributed by atoms with E-state index in [0.29, 0.717) is 16.5 Å². The minimum absolute atomic E-state index is 0.200. The highest BCUT2D eigenvalue weighted by molar-refractivity contribution is 7.92. The van der Waals surface area contributed by atoms with Crippen LogP contribution in [0.1, 0.15) is 50.7 Å². The number of nitrogens with zero attached hydrogens (tertiary/aromatic N) is 3. The van der Waals surface area contributed by atoms with E-state index >= 15 is 0 Å². The van der Waals surface area contributed by atoms with Gasteiger partial charge >= 0.3 is 5.97 Å². The van der Waals surface area contributed by atoms with Crippen LogP contribution in [0.15, 0.2) is 66.9 Å². The number of ether oxygens (including phenoxy) is 1. The number of benzene rings is 2. The fourth-order valence-corrected chi connectivity index (χ4v) is 6.42. The Kier molecular flexibility index (Phi) is 7.69. The fourth-order valence-electron chi connectivity index (χ4n) is 5.52. The van der Waals surface area contributed by atoms with Gasteiger partial charge in [0.25, 0.3) is 0 Å². The summed E-state index contributed by atoms with van der Waals surface area (Å²) >= 11 is 5.88. The number of carbonyl (C=O) groups is 1. The monoisotopic (exact) mass is 605 g/mol. The number of nitrogens with one attached hydrogen (secondary N) is 2. The Labute approximate surface area is 250 Å². The molecule has 3 N–H and O–H groups in total. The van der Waals surface area contributed by atoms with Crippen molar-refractivity contribution >= 4 is 44.7 Å². The lowest BCUT2D eigenvalue weighted by atomic mass is 9.96. The van der Waals surface area contributed by atoms with E-state index in [0.717, 1.165) is 40.2 Å². The van der Waals surface area contributed by atoms with Crippen LogP contribution in [0, 0.1) is 20.8 Å². The summed E-state index contributed by atoms with van der Waals surface area (Å²) in [4.78, 5) is 18.4. The van der Waals surface area contributed by atoms with Crippen LogP contribution < -0.4 is 19.7 Å². The van der Waals surface area contributed by atoms with Crippen molar-refractivity contribution in [3.63, 3.8) is 0 Å². The summed E-state index contributed by atoms with van der Waals surface area (Å²) in [6, 6.07) is 17.3. The van der Waals surface area contributed by atoms with Gasteiger partial charge in [-0.1, -0.05) is 12.1 Å². The molecule has 42 heavy (non-hydrogen) atoms. The van der Waals surface area contributed by atoms with Gasteiger partial charge in [-0.05, 0) is 92.6 Å². The largest absolute Gasteiger partial charge is 0.495 e. The lowest BCUT2D eigenvalue weighted by Gasteiger charge is -2.29. The summed E-state index contributed by atoms with van der Waals surface area (Å²) in [6.07, 6.45) is 2.81. The topological polar surface area (TPSA) is 126 Å². The molecule has 4 aromatic rings. The molecule has 218 valence electrons. The van der Waals surface area contributed by atoms with E-state index in [1.165, 1.54) is 7.11 Å². The second kappa shape index (κ2) is 11.1. The molecule has 0 unspecified atom stereocenters. The normalized spacial score (nSPS) is 16.8. The molecule has 0 bridgehead atoms. The second-order valence-corrected chi connectivity index (χ2v) is 12.4. The predicted molar refractivity (Wildman–Crippen MR) is 166 cm³/mol. The van der Waals surface area contributed by atoms with Gasteiger partial charge in [0.15, 0.2) is 5.11 Å². The summed E-state index contributed by atoms with van der Waals surface area (Å²) in [5.74, 6) is -0.629. The second-order valence-electron chi connectivity index (χ2n) is 10.2. The minimum Gasteiger partial charge on any atom is -0.495 e. The lowest BCUT2D eigenvalue weighted by molar-refractivity contribution is 0.0696. The fraction of sp³-hybridized carbons (Fsp3) is 0.233. The van der Waals surface area contributed by atoms with Gasteiger partial charge in [0.05, 0.1) is 42.4 Å². The molecule has 0 spiro atoms. The first kappa shape index (κ1) is 29.1. The number of thiocarbonyl (C=S) groups is 1. The minimum atomic E-state index is -3.59. The number of aromatic carboxylic acids is 1. The highest BCUT2D eigenvalue weighted by Gasteiger charge is 2.42. The summed E-state index contributed by atoms with van der Waals surface area (Å²) < 4.78 is 34.3. The standard InChI is InChI=1S/C30H31N5O5S2/c1-17-9-10-20(29(36)37)15-25(17)34-18(2)14-22(19(34)3)28-27(23-8-6-7-13-31-23)32-30(41)35(28)21-11-12-26(40-4)24(16-21)33-42(5,38)39/h6-16,27-28,33H,1-5H3,(H,32,41)(H,36,37)/t27-,28-/m1/s1. The Hall–Kier alpha value is -4.42. The highest BCUT2D eigenvalue weighted by Crippen LogP contribution is 2.45. The van der Waals surface area contributed by atoms with E-state index in [2.05, 4.69) is 25.7 Å². The van der Waals surface area contributed by atoms with Crippen molar-refractivity contribution in [2.45, 2.75) is 32.9 Å². The molecular formula is C30H31N5O5S2. The molecule has 1 fully saturated rings. The smallest absolute Gasteiger partial charge is 0.335 e. The number of hydrogen-bond donors (Lipinski definition) is 3. The average molecular weight is 606 g/mol. The first-order chi connectivity index (χ1) is 19.9. The summed E-state index contributed by atoms with van der Waals surface area (Å²) in [5, 5.41) is 13.5. The first-order valence-electron chi connectivity index (χ1n) is 13.1. The number of anilines is 2. The zero-order chi connectivity index (χ0) is 30.3. The molecule has 12 heteroatoms. The summed E-state index contributed by atoms with van der Waals surface area (Å²) in [5.41, 5.74) is 6.39. The van der Waals surface area contributed by atoms with Gasteiger partial charge in [0.2, 0.25) is 10.0 Å². The number of aromatic nitrogens is 2. The van der Waals surface area contributed by atoms with Crippen molar-refractivity contribution in [2.24, 2.45) is 0 Å². The third-order valence-corrected chi connectivity index (χ3v) is 8.25.